The van der Waals surface area contributed by atoms with Crippen LogP contribution < -0.4 is 4.74 Å². The fourth-order valence-corrected chi connectivity index (χ4v) is 3.26. The lowest BCUT2D eigenvalue weighted by Crippen LogP contribution is -2.35. The third-order valence-electron chi connectivity index (χ3n) is 4.77. The summed E-state index contributed by atoms with van der Waals surface area (Å²) < 4.78 is 20.4. The lowest BCUT2D eigenvalue weighted by molar-refractivity contribution is 0.139. The fourth-order valence-electron chi connectivity index (χ4n) is 3.26. The van der Waals surface area contributed by atoms with Crippen LogP contribution >= 0.6 is 0 Å². The summed E-state index contributed by atoms with van der Waals surface area (Å²) in [5.41, 5.74) is 3.38. The molecule has 0 saturated carbocycles. The number of carboxylic acid groups (broad SMARTS) is 1. The van der Waals surface area contributed by atoms with E-state index in [2.05, 4.69) is 4.98 Å². The molecule has 1 N–H and O–H groups in total. The van der Waals surface area contributed by atoms with Crippen molar-refractivity contribution in [3.8, 4) is 17.0 Å². The molecule has 28 heavy (non-hydrogen) atoms. The summed E-state index contributed by atoms with van der Waals surface area (Å²) in [7, 11) is 0. The van der Waals surface area contributed by atoms with Gasteiger partial charge < -0.3 is 14.7 Å². The molecular formula is C22H19FN2O3. The molecule has 1 aromatic heterocycles. The molecule has 0 fully saturated rings. The standard InChI is InChI=1S/C22H19FN2O3/c23-19-12-17-13-25(22(26)27)11-10-20(17)24-21(19)16-6-8-18(9-7-16)28-14-15-4-2-1-3-5-15/h1-9,12H,10-11,13-14H2,(H,26,27). The fraction of sp³-hybridized carbons (Fsp3) is 0.182. The summed E-state index contributed by atoms with van der Waals surface area (Å²) >= 11 is 0. The van der Waals surface area contributed by atoms with E-state index in [1.54, 1.807) is 24.3 Å². The van der Waals surface area contributed by atoms with Gasteiger partial charge in [0.05, 0.1) is 6.54 Å². The molecule has 0 spiro atoms. The highest BCUT2D eigenvalue weighted by atomic mass is 19.1. The summed E-state index contributed by atoms with van der Waals surface area (Å²) in [6.45, 7) is 1.000. The summed E-state index contributed by atoms with van der Waals surface area (Å²) in [6.07, 6.45) is -0.520. The quantitative estimate of drug-likeness (QED) is 0.726. The Hall–Kier alpha value is -3.41. The number of halogens is 1. The van der Waals surface area contributed by atoms with Crippen LogP contribution in [0.1, 0.15) is 16.8 Å². The molecule has 2 aromatic carbocycles. The number of pyridine rings is 1. The smallest absolute Gasteiger partial charge is 0.407 e. The number of hydrogen-bond donors (Lipinski definition) is 1. The van der Waals surface area contributed by atoms with Gasteiger partial charge in [-0.15, -0.1) is 0 Å². The van der Waals surface area contributed by atoms with Gasteiger partial charge in [-0.25, -0.2) is 14.2 Å². The van der Waals surface area contributed by atoms with Crippen molar-refractivity contribution in [2.75, 3.05) is 6.54 Å². The van der Waals surface area contributed by atoms with Crippen molar-refractivity contribution in [3.05, 3.63) is 83.3 Å². The predicted octanol–water partition coefficient (Wildman–Crippen LogP) is 4.50. The summed E-state index contributed by atoms with van der Waals surface area (Å²) in [4.78, 5) is 16.8. The van der Waals surface area contributed by atoms with Gasteiger partial charge in [-0.3, -0.25) is 0 Å². The summed E-state index contributed by atoms with van der Waals surface area (Å²) in [5, 5.41) is 9.11. The first-order valence-corrected chi connectivity index (χ1v) is 9.03. The van der Waals surface area contributed by atoms with E-state index in [0.717, 1.165) is 11.3 Å². The molecule has 3 aromatic rings. The number of ether oxygens (including phenoxy) is 1. The summed E-state index contributed by atoms with van der Waals surface area (Å²) in [6, 6.07) is 18.4. The molecule has 1 amide bonds. The van der Waals surface area contributed by atoms with Gasteiger partial charge in [0.15, 0.2) is 0 Å². The van der Waals surface area contributed by atoms with Crippen molar-refractivity contribution < 1.29 is 19.0 Å². The van der Waals surface area contributed by atoms with Crippen molar-refractivity contribution in [2.45, 2.75) is 19.6 Å². The Morgan fingerprint density at radius 3 is 2.61 bits per heavy atom. The van der Waals surface area contributed by atoms with E-state index in [0.29, 0.717) is 36.4 Å². The predicted molar refractivity (Wildman–Crippen MR) is 103 cm³/mol. The van der Waals surface area contributed by atoms with E-state index in [1.807, 2.05) is 30.3 Å². The van der Waals surface area contributed by atoms with Gasteiger partial charge in [-0.1, -0.05) is 30.3 Å². The SMILES string of the molecule is O=C(O)N1CCc2nc(-c3ccc(OCc4ccccc4)cc3)c(F)cc2C1. The van der Waals surface area contributed by atoms with Crippen LogP contribution in [0.4, 0.5) is 9.18 Å². The number of nitrogens with zero attached hydrogens (tertiary/aromatic N) is 2. The molecule has 6 heteroatoms. The Bertz CT molecular complexity index is 991. The molecule has 5 nitrogen and oxygen atoms in total. The van der Waals surface area contributed by atoms with Gasteiger partial charge in [0.2, 0.25) is 0 Å². The largest absolute Gasteiger partial charge is 0.489 e. The molecule has 4 rings (SSSR count). The third kappa shape index (κ3) is 3.81. The normalized spacial score (nSPS) is 13.1. The molecule has 0 unspecified atom stereocenters. The number of amides is 1. The second-order valence-electron chi connectivity index (χ2n) is 6.68. The first-order chi connectivity index (χ1) is 13.6. The van der Waals surface area contributed by atoms with Gasteiger partial charge in [-0.05, 0) is 41.5 Å². The van der Waals surface area contributed by atoms with Crippen LogP contribution in [0.2, 0.25) is 0 Å². The van der Waals surface area contributed by atoms with Crippen LogP contribution in [0.5, 0.6) is 5.75 Å². The van der Waals surface area contributed by atoms with Crippen molar-refractivity contribution in [1.82, 2.24) is 9.88 Å². The Morgan fingerprint density at radius 1 is 1.14 bits per heavy atom. The minimum absolute atomic E-state index is 0.168. The van der Waals surface area contributed by atoms with Crippen LogP contribution in [0, 0.1) is 5.82 Å². The average Bonchev–Trinajstić information content (AvgIpc) is 2.72. The first kappa shape index (κ1) is 18.0. The van der Waals surface area contributed by atoms with Crippen LogP contribution in [0.3, 0.4) is 0 Å². The van der Waals surface area contributed by atoms with Crippen molar-refractivity contribution in [2.24, 2.45) is 0 Å². The number of benzene rings is 2. The molecule has 0 atom stereocenters. The molecule has 142 valence electrons. The second-order valence-corrected chi connectivity index (χ2v) is 6.68. The van der Waals surface area contributed by atoms with Gasteiger partial charge in [-0.2, -0.15) is 0 Å². The van der Waals surface area contributed by atoms with E-state index in [-0.39, 0.29) is 12.2 Å². The molecule has 2 heterocycles. The van der Waals surface area contributed by atoms with Crippen molar-refractivity contribution in [3.63, 3.8) is 0 Å². The van der Waals surface area contributed by atoms with Crippen LogP contribution in [-0.2, 0) is 19.6 Å². The average molecular weight is 378 g/mol. The number of fused-ring (bicyclic) bond motifs is 1. The van der Waals surface area contributed by atoms with E-state index < -0.39 is 11.9 Å². The molecular weight excluding hydrogens is 359 g/mol. The number of aromatic nitrogens is 1. The van der Waals surface area contributed by atoms with Crippen molar-refractivity contribution in [1.29, 1.82) is 0 Å². The Kier molecular flexibility index (Phi) is 4.93. The van der Waals surface area contributed by atoms with E-state index in [9.17, 15) is 9.18 Å². The third-order valence-corrected chi connectivity index (χ3v) is 4.77. The van der Waals surface area contributed by atoms with Crippen LogP contribution in [0.25, 0.3) is 11.3 Å². The Morgan fingerprint density at radius 2 is 1.89 bits per heavy atom. The lowest BCUT2D eigenvalue weighted by Gasteiger charge is -2.26. The Labute approximate surface area is 162 Å². The topological polar surface area (TPSA) is 62.7 Å². The Balaban J connectivity index is 1.51. The highest BCUT2D eigenvalue weighted by Crippen LogP contribution is 2.27. The molecule has 0 aliphatic carbocycles. The molecule has 0 bridgehead atoms. The molecule has 0 radical (unpaired) electrons. The van der Waals surface area contributed by atoms with E-state index in [4.69, 9.17) is 9.84 Å². The number of carbonyl (C=O) groups is 1. The maximum atomic E-state index is 14.6. The minimum atomic E-state index is -0.999. The molecule has 0 saturated heterocycles. The van der Waals surface area contributed by atoms with Crippen LogP contribution in [0.15, 0.2) is 60.7 Å². The molecule has 1 aliphatic rings. The van der Waals surface area contributed by atoms with E-state index >= 15 is 0 Å². The number of rotatable bonds is 4. The summed E-state index contributed by atoms with van der Waals surface area (Å²) in [5.74, 6) is 0.243. The highest BCUT2D eigenvalue weighted by molar-refractivity contribution is 5.66. The first-order valence-electron chi connectivity index (χ1n) is 9.03. The van der Waals surface area contributed by atoms with E-state index in [1.165, 1.54) is 11.0 Å². The van der Waals surface area contributed by atoms with Gasteiger partial charge in [0.1, 0.15) is 23.9 Å². The van der Waals surface area contributed by atoms with Crippen LogP contribution in [-0.4, -0.2) is 27.6 Å². The van der Waals surface area contributed by atoms with Gasteiger partial charge in [0.25, 0.3) is 0 Å². The monoisotopic (exact) mass is 378 g/mol. The van der Waals surface area contributed by atoms with Crippen molar-refractivity contribution >= 4 is 6.09 Å². The zero-order chi connectivity index (χ0) is 19.5. The maximum absolute atomic E-state index is 14.6. The van der Waals surface area contributed by atoms with Gasteiger partial charge >= 0.3 is 6.09 Å². The second kappa shape index (κ2) is 7.68. The molecule has 1 aliphatic heterocycles. The number of hydrogen-bond acceptors (Lipinski definition) is 3. The minimum Gasteiger partial charge on any atom is -0.489 e. The van der Waals surface area contributed by atoms with Gasteiger partial charge in [0, 0.05) is 24.2 Å². The highest BCUT2D eigenvalue weighted by Gasteiger charge is 2.23. The zero-order valence-corrected chi connectivity index (χ0v) is 15.1. The zero-order valence-electron chi connectivity index (χ0n) is 15.1. The lowest BCUT2D eigenvalue weighted by atomic mass is 10.0. The maximum Gasteiger partial charge on any atom is 0.407 e.